The molecule has 1 aromatic carbocycles. The number of amides is 2. The van der Waals surface area contributed by atoms with Crippen LogP contribution in [0.3, 0.4) is 0 Å². The third-order valence-electron chi connectivity index (χ3n) is 5.62. The molecule has 2 heterocycles. The number of methoxy groups -OCH3 is 1. The fourth-order valence-electron chi connectivity index (χ4n) is 3.95. The summed E-state index contributed by atoms with van der Waals surface area (Å²) < 4.78 is 11.0. The first-order valence-electron chi connectivity index (χ1n) is 10.7. The van der Waals surface area contributed by atoms with Gasteiger partial charge in [-0.1, -0.05) is 13.0 Å². The molecule has 2 amide bonds. The summed E-state index contributed by atoms with van der Waals surface area (Å²) >= 11 is 0. The Balaban J connectivity index is 1.54. The maximum Gasteiger partial charge on any atom is 0.310 e. The average Bonchev–Trinajstić information content (AvgIpc) is 2.76. The van der Waals surface area contributed by atoms with Crippen LogP contribution in [-0.2, 0) is 14.4 Å². The number of para-hydroxylation sites is 1. The number of likely N-dealkylation sites (tertiary alicyclic amines) is 1. The third-order valence-corrected chi connectivity index (χ3v) is 5.62. The first kappa shape index (κ1) is 22.1. The van der Waals surface area contributed by atoms with Crippen molar-refractivity contribution < 1.29 is 23.9 Å². The minimum atomic E-state index is -0.273. The third kappa shape index (κ3) is 5.30. The molecule has 30 heavy (non-hydrogen) atoms. The van der Waals surface area contributed by atoms with Gasteiger partial charge in [0.25, 0.3) is 0 Å². The standard InChI is InChI=1S/C22H31N3O5/c1-3-21(28)30-18-8-4-7-17(29-2)22(18)24-15-13-23(14-16-24)11-6-12-25-19(26)9-5-10-20(25)27/h4,7-8H,3,5-6,9-16H2,1-2H3. The fourth-order valence-corrected chi connectivity index (χ4v) is 3.95. The van der Waals surface area contributed by atoms with Crippen LogP contribution in [0.2, 0.25) is 0 Å². The number of piperazine rings is 1. The molecule has 2 fully saturated rings. The van der Waals surface area contributed by atoms with E-state index in [-0.39, 0.29) is 17.8 Å². The first-order chi connectivity index (χ1) is 14.5. The Morgan fingerprint density at radius 1 is 1.00 bits per heavy atom. The summed E-state index contributed by atoms with van der Waals surface area (Å²) in [6.07, 6.45) is 2.73. The molecule has 3 rings (SSSR count). The average molecular weight is 418 g/mol. The van der Waals surface area contributed by atoms with E-state index in [1.807, 2.05) is 12.1 Å². The highest BCUT2D eigenvalue weighted by atomic mass is 16.5. The van der Waals surface area contributed by atoms with E-state index >= 15 is 0 Å². The molecule has 0 aliphatic carbocycles. The summed E-state index contributed by atoms with van der Waals surface area (Å²) in [4.78, 5) is 41.6. The normalized spacial score (nSPS) is 17.9. The number of anilines is 1. The SMILES string of the molecule is CCC(=O)Oc1cccc(OC)c1N1CCN(CCCN2C(=O)CCCC2=O)CC1. The summed E-state index contributed by atoms with van der Waals surface area (Å²) in [6.45, 7) is 6.36. The second-order valence-electron chi connectivity index (χ2n) is 7.61. The van der Waals surface area contributed by atoms with Gasteiger partial charge in [0.05, 0.1) is 7.11 Å². The van der Waals surface area contributed by atoms with Crippen molar-refractivity contribution in [2.45, 2.75) is 39.0 Å². The molecule has 0 bridgehead atoms. The highest BCUT2D eigenvalue weighted by Crippen LogP contribution is 2.38. The molecule has 0 spiro atoms. The molecule has 2 aliphatic rings. The van der Waals surface area contributed by atoms with Gasteiger partial charge in [0.2, 0.25) is 11.8 Å². The highest BCUT2D eigenvalue weighted by molar-refractivity contribution is 5.97. The van der Waals surface area contributed by atoms with Crippen LogP contribution in [0.15, 0.2) is 18.2 Å². The molecule has 0 radical (unpaired) electrons. The Bertz CT molecular complexity index is 758. The Labute approximate surface area is 177 Å². The van der Waals surface area contributed by atoms with E-state index in [2.05, 4.69) is 9.80 Å². The number of rotatable bonds is 8. The molecule has 164 valence electrons. The number of hydrogen-bond acceptors (Lipinski definition) is 7. The van der Waals surface area contributed by atoms with Crippen LogP contribution in [0, 0.1) is 0 Å². The summed E-state index contributed by atoms with van der Waals surface area (Å²) in [6, 6.07) is 5.49. The molecule has 2 aliphatic heterocycles. The quantitative estimate of drug-likeness (QED) is 0.364. The Hall–Kier alpha value is -2.61. The van der Waals surface area contributed by atoms with Gasteiger partial charge >= 0.3 is 5.97 Å². The lowest BCUT2D eigenvalue weighted by atomic mass is 10.1. The van der Waals surface area contributed by atoms with Gasteiger partial charge in [0.15, 0.2) is 5.75 Å². The molecular weight excluding hydrogens is 386 g/mol. The predicted molar refractivity (Wildman–Crippen MR) is 113 cm³/mol. The molecule has 2 saturated heterocycles. The lowest BCUT2D eigenvalue weighted by Gasteiger charge is -2.37. The van der Waals surface area contributed by atoms with Crippen molar-refractivity contribution in [1.29, 1.82) is 0 Å². The number of carbonyl (C=O) groups is 3. The number of carbonyl (C=O) groups excluding carboxylic acids is 3. The zero-order valence-corrected chi connectivity index (χ0v) is 17.9. The number of piperidine rings is 1. The molecule has 1 aromatic rings. The van der Waals surface area contributed by atoms with Crippen LogP contribution in [0.5, 0.6) is 11.5 Å². The Morgan fingerprint density at radius 3 is 2.30 bits per heavy atom. The molecular formula is C22H31N3O5. The van der Waals surface area contributed by atoms with Crippen LogP contribution in [-0.4, -0.2) is 74.0 Å². The summed E-state index contributed by atoms with van der Waals surface area (Å²) in [5, 5.41) is 0. The van der Waals surface area contributed by atoms with Crippen molar-refractivity contribution in [3.63, 3.8) is 0 Å². The summed E-state index contributed by atoms with van der Waals surface area (Å²) in [7, 11) is 1.61. The number of ether oxygens (including phenoxy) is 2. The van der Waals surface area contributed by atoms with Crippen molar-refractivity contribution in [2.24, 2.45) is 0 Å². The van der Waals surface area contributed by atoms with Crippen LogP contribution >= 0.6 is 0 Å². The topological polar surface area (TPSA) is 79.4 Å². The molecule has 0 saturated carbocycles. The fraction of sp³-hybridized carbons (Fsp3) is 0.591. The van der Waals surface area contributed by atoms with Crippen molar-refractivity contribution in [1.82, 2.24) is 9.80 Å². The van der Waals surface area contributed by atoms with E-state index in [0.29, 0.717) is 43.7 Å². The predicted octanol–water partition coefficient (Wildman–Crippen LogP) is 2.06. The van der Waals surface area contributed by atoms with Crippen LogP contribution in [0.1, 0.15) is 39.0 Å². The molecule has 8 nitrogen and oxygen atoms in total. The Morgan fingerprint density at radius 2 is 1.67 bits per heavy atom. The van der Waals surface area contributed by atoms with Gasteiger partial charge in [-0.05, 0) is 31.5 Å². The maximum atomic E-state index is 11.9. The van der Waals surface area contributed by atoms with Crippen LogP contribution in [0.4, 0.5) is 5.69 Å². The van der Waals surface area contributed by atoms with Gasteiger partial charge in [0.1, 0.15) is 11.4 Å². The van der Waals surface area contributed by atoms with Gasteiger partial charge < -0.3 is 14.4 Å². The number of nitrogens with zero attached hydrogens (tertiary/aromatic N) is 3. The number of esters is 1. The molecule has 0 N–H and O–H groups in total. The monoisotopic (exact) mass is 417 g/mol. The lowest BCUT2D eigenvalue weighted by Crippen LogP contribution is -2.48. The second-order valence-corrected chi connectivity index (χ2v) is 7.61. The van der Waals surface area contributed by atoms with Crippen LogP contribution in [0.25, 0.3) is 0 Å². The summed E-state index contributed by atoms with van der Waals surface area (Å²) in [5.74, 6) is 0.858. The Kier molecular flexibility index (Phi) is 7.68. The van der Waals surface area contributed by atoms with E-state index in [0.717, 1.165) is 44.8 Å². The van der Waals surface area contributed by atoms with Gasteiger partial charge in [-0.15, -0.1) is 0 Å². The van der Waals surface area contributed by atoms with Crippen molar-refractivity contribution >= 4 is 23.5 Å². The van der Waals surface area contributed by atoms with Gasteiger partial charge in [-0.2, -0.15) is 0 Å². The van der Waals surface area contributed by atoms with Gasteiger partial charge in [-0.3, -0.25) is 24.2 Å². The number of benzene rings is 1. The maximum absolute atomic E-state index is 11.9. The van der Waals surface area contributed by atoms with Crippen molar-refractivity contribution in [3.05, 3.63) is 18.2 Å². The lowest BCUT2D eigenvalue weighted by molar-refractivity contribution is -0.148. The van der Waals surface area contributed by atoms with Crippen LogP contribution < -0.4 is 14.4 Å². The highest BCUT2D eigenvalue weighted by Gasteiger charge is 2.27. The minimum Gasteiger partial charge on any atom is -0.494 e. The van der Waals surface area contributed by atoms with E-state index < -0.39 is 0 Å². The smallest absolute Gasteiger partial charge is 0.310 e. The van der Waals surface area contributed by atoms with E-state index in [1.165, 1.54) is 4.90 Å². The van der Waals surface area contributed by atoms with Crippen molar-refractivity contribution in [3.8, 4) is 11.5 Å². The zero-order valence-electron chi connectivity index (χ0n) is 17.9. The van der Waals surface area contributed by atoms with E-state index in [1.54, 1.807) is 20.1 Å². The van der Waals surface area contributed by atoms with E-state index in [9.17, 15) is 14.4 Å². The second kappa shape index (κ2) is 10.4. The van der Waals surface area contributed by atoms with Gasteiger partial charge in [0, 0.05) is 52.0 Å². The molecule has 0 aromatic heterocycles. The van der Waals surface area contributed by atoms with E-state index in [4.69, 9.17) is 9.47 Å². The number of imide groups is 1. The number of hydrogen-bond donors (Lipinski definition) is 0. The van der Waals surface area contributed by atoms with Crippen molar-refractivity contribution in [2.75, 3.05) is 51.3 Å². The summed E-state index contributed by atoms with van der Waals surface area (Å²) in [5.41, 5.74) is 0.811. The molecule has 8 heteroatoms. The minimum absolute atomic E-state index is 0.0404. The zero-order chi connectivity index (χ0) is 21.5. The molecule has 0 unspecified atom stereocenters. The van der Waals surface area contributed by atoms with Gasteiger partial charge in [-0.25, -0.2) is 0 Å². The largest absolute Gasteiger partial charge is 0.494 e. The molecule has 0 atom stereocenters. The first-order valence-corrected chi connectivity index (χ1v) is 10.7.